The number of carbonyl (C=O) groups is 1. The number of amides is 1. The molecule has 1 atom stereocenters. The van der Waals surface area contributed by atoms with Crippen molar-refractivity contribution in [2.45, 2.75) is 26.3 Å². The Morgan fingerprint density at radius 2 is 1.93 bits per heavy atom. The van der Waals surface area contributed by atoms with Gasteiger partial charge in [0.1, 0.15) is 5.69 Å². The Balaban J connectivity index is 2.29. The number of benzene rings is 1. The van der Waals surface area contributed by atoms with Gasteiger partial charge in [0, 0.05) is 13.1 Å². The molecule has 0 saturated carbocycles. The summed E-state index contributed by atoms with van der Waals surface area (Å²) in [4.78, 5) is 30.4. The van der Waals surface area contributed by atoms with Gasteiger partial charge in [0.05, 0.1) is 6.04 Å². The van der Waals surface area contributed by atoms with E-state index in [1.165, 1.54) is 13.1 Å². The summed E-state index contributed by atoms with van der Waals surface area (Å²) in [5.41, 5.74) is -0.490. The van der Waals surface area contributed by atoms with Gasteiger partial charge in [0.2, 0.25) is 5.95 Å². The minimum absolute atomic E-state index is 0.0819. The van der Waals surface area contributed by atoms with E-state index in [9.17, 15) is 27.2 Å². The molecule has 0 aliphatic rings. The number of hydrogen-bond acceptors (Lipinski definition) is 5. The zero-order valence-electron chi connectivity index (χ0n) is 15.1. The summed E-state index contributed by atoms with van der Waals surface area (Å²) < 4.78 is 54.4. The van der Waals surface area contributed by atoms with Gasteiger partial charge in [0.15, 0.2) is 11.6 Å². The summed E-state index contributed by atoms with van der Waals surface area (Å²) >= 11 is 0. The van der Waals surface area contributed by atoms with Crippen LogP contribution in [0.3, 0.4) is 0 Å². The highest BCUT2D eigenvalue weighted by atomic mass is 19.4. The highest BCUT2D eigenvalue weighted by Crippen LogP contribution is 2.30. The van der Waals surface area contributed by atoms with Crippen molar-refractivity contribution in [1.29, 1.82) is 0 Å². The Morgan fingerprint density at radius 3 is 2.46 bits per heavy atom. The number of H-pyrrole nitrogens is 1. The quantitative estimate of drug-likeness (QED) is 0.646. The van der Waals surface area contributed by atoms with Crippen molar-refractivity contribution < 1.29 is 27.1 Å². The van der Waals surface area contributed by atoms with Gasteiger partial charge in [-0.1, -0.05) is 19.9 Å². The minimum Gasteiger partial charge on any atom is -0.403 e. The van der Waals surface area contributed by atoms with Crippen molar-refractivity contribution in [3.63, 3.8) is 0 Å². The lowest BCUT2D eigenvalue weighted by molar-refractivity contribution is -0.275. The predicted octanol–water partition coefficient (Wildman–Crippen LogP) is 2.98. The van der Waals surface area contributed by atoms with Crippen LogP contribution < -0.4 is 20.9 Å². The number of aromatic amines is 1. The second-order valence-corrected chi connectivity index (χ2v) is 6.16. The van der Waals surface area contributed by atoms with Crippen molar-refractivity contribution >= 4 is 11.9 Å². The van der Waals surface area contributed by atoms with Crippen molar-refractivity contribution in [2.24, 2.45) is 5.92 Å². The standard InChI is InChI=1S/C17H18F4N4O3/c1-8(2)14(9-4-5-12(10(18)6-9)28-17(19,20)21)25-15(27)11-7-13(26)24-16(22-3)23-11/h4-8,14H,1-3H3,(H,25,27)(H2,22,23,24,26). The van der Waals surface area contributed by atoms with E-state index in [0.717, 1.165) is 18.2 Å². The molecule has 1 amide bonds. The first-order valence-electron chi connectivity index (χ1n) is 8.15. The van der Waals surface area contributed by atoms with Gasteiger partial charge in [-0.3, -0.25) is 14.6 Å². The van der Waals surface area contributed by atoms with E-state index in [0.29, 0.717) is 0 Å². The number of hydrogen-bond donors (Lipinski definition) is 3. The number of anilines is 1. The molecule has 0 fully saturated rings. The maximum atomic E-state index is 14.0. The molecular formula is C17H18F4N4O3. The molecule has 1 aromatic heterocycles. The molecule has 0 saturated heterocycles. The molecule has 0 radical (unpaired) electrons. The third kappa shape index (κ3) is 5.44. The van der Waals surface area contributed by atoms with E-state index in [1.807, 2.05) is 0 Å². The van der Waals surface area contributed by atoms with Crippen LogP contribution in [0.4, 0.5) is 23.5 Å². The molecule has 3 N–H and O–H groups in total. The summed E-state index contributed by atoms with van der Waals surface area (Å²) in [6, 6.07) is 3.16. The lowest BCUT2D eigenvalue weighted by Crippen LogP contribution is -2.33. The first kappa shape index (κ1) is 21.2. The summed E-state index contributed by atoms with van der Waals surface area (Å²) in [7, 11) is 1.50. The fraction of sp³-hybridized carbons (Fsp3) is 0.353. The fourth-order valence-electron chi connectivity index (χ4n) is 2.46. The monoisotopic (exact) mass is 402 g/mol. The molecule has 0 aliphatic carbocycles. The molecule has 1 heterocycles. The van der Waals surface area contributed by atoms with Crippen molar-refractivity contribution in [2.75, 3.05) is 12.4 Å². The Morgan fingerprint density at radius 1 is 1.25 bits per heavy atom. The van der Waals surface area contributed by atoms with Gasteiger partial charge in [-0.2, -0.15) is 0 Å². The highest BCUT2D eigenvalue weighted by molar-refractivity contribution is 5.92. The zero-order chi connectivity index (χ0) is 21.1. The number of ether oxygens (including phenoxy) is 1. The van der Waals surface area contributed by atoms with Crippen molar-refractivity contribution in [3.8, 4) is 5.75 Å². The molecule has 28 heavy (non-hydrogen) atoms. The molecule has 7 nitrogen and oxygen atoms in total. The lowest BCUT2D eigenvalue weighted by Gasteiger charge is -2.23. The molecule has 1 unspecified atom stereocenters. The first-order chi connectivity index (χ1) is 13.0. The van der Waals surface area contributed by atoms with Crippen LogP contribution in [-0.2, 0) is 0 Å². The molecule has 152 valence electrons. The number of rotatable bonds is 6. The Kier molecular flexibility index (Phi) is 6.26. The Labute approximate surface area is 157 Å². The molecule has 1 aromatic carbocycles. The number of nitrogens with zero attached hydrogens (tertiary/aromatic N) is 1. The molecule has 0 aliphatic heterocycles. The SMILES string of the molecule is CNc1nc(C(=O)NC(c2ccc(OC(F)(F)F)c(F)c2)C(C)C)cc(=O)[nH]1. The summed E-state index contributed by atoms with van der Waals surface area (Å²) in [5, 5.41) is 5.21. The smallest absolute Gasteiger partial charge is 0.403 e. The third-order valence-corrected chi connectivity index (χ3v) is 3.71. The number of halogens is 4. The molecule has 0 spiro atoms. The fourth-order valence-corrected chi connectivity index (χ4v) is 2.46. The average molecular weight is 402 g/mol. The van der Waals surface area contributed by atoms with Crippen LogP contribution in [0, 0.1) is 11.7 Å². The van der Waals surface area contributed by atoms with Gasteiger partial charge >= 0.3 is 6.36 Å². The van der Waals surface area contributed by atoms with Crippen LogP contribution in [0.1, 0.15) is 35.9 Å². The second kappa shape index (κ2) is 8.28. The maximum absolute atomic E-state index is 14.0. The summed E-state index contributed by atoms with van der Waals surface area (Å²) in [6.45, 7) is 3.46. The van der Waals surface area contributed by atoms with Crippen LogP contribution in [0.5, 0.6) is 5.75 Å². The van der Waals surface area contributed by atoms with Gasteiger partial charge in [-0.25, -0.2) is 9.37 Å². The Hall–Kier alpha value is -3.11. The van der Waals surface area contributed by atoms with Crippen molar-refractivity contribution in [1.82, 2.24) is 15.3 Å². The molecular weight excluding hydrogens is 384 g/mol. The van der Waals surface area contributed by atoms with Gasteiger partial charge < -0.3 is 15.4 Å². The van der Waals surface area contributed by atoms with Gasteiger partial charge in [-0.05, 0) is 23.6 Å². The van der Waals surface area contributed by atoms with Crippen LogP contribution in [0.2, 0.25) is 0 Å². The molecule has 11 heteroatoms. The van der Waals surface area contributed by atoms with E-state index in [1.54, 1.807) is 13.8 Å². The van der Waals surface area contributed by atoms with Crippen LogP contribution in [0.25, 0.3) is 0 Å². The zero-order valence-corrected chi connectivity index (χ0v) is 15.1. The van der Waals surface area contributed by atoms with E-state index in [-0.39, 0.29) is 23.1 Å². The molecule has 0 bridgehead atoms. The van der Waals surface area contributed by atoms with Crippen molar-refractivity contribution in [3.05, 3.63) is 51.7 Å². The normalized spacial score (nSPS) is 12.6. The topological polar surface area (TPSA) is 96.1 Å². The number of nitrogens with one attached hydrogen (secondary N) is 3. The summed E-state index contributed by atoms with van der Waals surface area (Å²) in [5.74, 6) is -3.05. The van der Waals surface area contributed by atoms with E-state index in [4.69, 9.17) is 0 Å². The van der Waals surface area contributed by atoms with Crippen LogP contribution in [0.15, 0.2) is 29.1 Å². The number of alkyl halides is 3. The van der Waals surface area contributed by atoms with Crippen LogP contribution in [-0.4, -0.2) is 29.3 Å². The summed E-state index contributed by atoms with van der Waals surface area (Å²) in [6.07, 6.45) is -5.02. The Bertz CT molecular complexity index is 912. The third-order valence-electron chi connectivity index (χ3n) is 3.71. The van der Waals surface area contributed by atoms with E-state index >= 15 is 0 Å². The molecule has 2 rings (SSSR count). The maximum Gasteiger partial charge on any atom is 0.573 e. The van der Waals surface area contributed by atoms with E-state index in [2.05, 4.69) is 25.3 Å². The lowest BCUT2D eigenvalue weighted by atomic mass is 9.95. The van der Waals surface area contributed by atoms with Gasteiger partial charge in [0.25, 0.3) is 11.5 Å². The van der Waals surface area contributed by atoms with E-state index < -0.39 is 35.4 Å². The highest BCUT2D eigenvalue weighted by Gasteiger charge is 2.32. The minimum atomic E-state index is -5.02. The largest absolute Gasteiger partial charge is 0.573 e. The predicted molar refractivity (Wildman–Crippen MR) is 92.5 cm³/mol. The average Bonchev–Trinajstić information content (AvgIpc) is 2.59. The molecule has 2 aromatic rings. The van der Waals surface area contributed by atoms with Crippen LogP contribution >= 0.6 is 0 Å². The first-order valence-corrected chi connectivity index (χ1v) is 8.15. The number of aromatic nitrogens is 2. The number of carbonyl (C=O) groups excluding carboxylic acids is 1. The second-order valence-electron chi connectivity index (χ2n) is 6.16. The van der Waals surface area contributed by atoms with Gasteiger partial charge in [-0.15, -0.1) is 13.2 Å².